The van der Waals surface area contributed by atoms with Gasteiger partial charge in [0, 0.05) is 5.56 Å². The van der Waals surface area contributed by atoms with Crippen LogP contribution in [0, 0.1) is 0 Å². The lowest BCUT2D eigenvalue weighted by molar-refractivity contribution is 0.572. The first-order valence-electron chi connectivity index (χ1n) is 6.89. The van der Waals surface area contributed by atoms with Gasteiger partial charge in [-0.15, -0.1) is 0 Å². The average Bonchev–Trinajstić information content (AvgIpc) is 3.09. The van der Waals surface area contributed by atoms with Gasteiger partial charge in [-0.2, -0.15) is 0 Å². The fraction of sp³-hybridized carbons (Fsp3) is 0. The molecule has 0 aliphatic heterocycles. The first kappa shape index (κ1) is 11.9. The lowest BCUT2D eigenvalue weighted by Gasteiger charge is -2.10. The highest BCUT2D eigenvalue weighted by Crippen LogP contribution is 2.35. The number of hydrogen-bond acceptors (Lipinski definition) is 2. The summed E-state index contributed by atoms with van der Waals surface area (Å²) in [6.07, 6.45) is 3.22. The fourth-order valence-electron chi connectivity index (χ4n) is 2.74. The summed E-state index contributed by atoms with van der Waals surface area (Å²) in [6, 6.07) is 23.1. The van der Waals surface area contributed by atoms with E-state index in [2.05, 4.69) is 65.6 Å². The molecule has 4 rings (SSSR count). The summed E-state index contributed by atoms with van der Waals surface area (Å²) in [5.74, 6) is 0.790. The monoisotopic (exact) mass is 271 g/mol. The third kappa shape index (κ3) is 2.01. The molecule has 0 N–H and O–H groups in total. The summed E-state index contributed by atoms with van der Waals surface area (Å²) in [4.78, 5) is 4.03. The van der Waals surface area contributed by atoms with Gasteiger partial charge in [-0.1, -0.05) is 66.7 Å². The van der Waals surface area contributed by atoms with Crippen molar-refractivity contribution < 1.29 is 4.42 Å². The standard InChI is InChI=1S/C19H13NO/c1-2-8-15-14(6-1)7-5-11-16(15)17-9-3-4-10-18(17)19-12-20-13-21-19/h1-13H. The predicted octanol–water partition coefficient (Wildman–Crippen LogP) is 5.16. The Kier molecular flexibility index (Phi) is 2.79. The van der Waals surface area contributed by atoms with Crippen LogP contribution >= 0.6 is 0 Å². The maximum atomic E-state index is 5.48. The molecule has 0 radical (unpaired) electrons. The van der Waals surface area contributed by atoms with Gasteiger partial charge in [-0.3, -0.25) is 0 Å². The number of hydrogen-bond donors (Lipinski definition) is 0. The minimum absolute atomic E-state index is 0.790. The molecule has 0 spiro atoms. The van der Waals surface area contributed by atoms with Gasteiger partial charge in [0.05, 0.1) is 6.20 Å². The van der Waals surface area contributed by atoms with Crippen molar-refractivity contribution in [1.82, 2.24) is 4.98 Å². The Balaban J connectivity index is 2.02. The lowest BCUT2D eigenvalue weighted by Crippen LogP contribution is -1.85. The zero-order valence-electron chi connectivity index (χ0n) is 11.4. The quantitative estimate of drug-likeness (QED) is 0.503. The van der Waals surface area contributed by atoms with E-state index < -0.39 is 0 Å². The van der Waals surface area contributed by atoms with Gasteiger partial charge in [0.1, 0.15) is 0 Å². The molecule has 2 nitrogen and oxygen atoms in total. The molecule has 0 aliphatic rings. The molecule has 2 heteroatoms. The summed E-state index contributed by atoms with van der Waals surface area (Å²) in [6.45, 7) is 0. The molecule has 4 aromatic rings. The van der Waals surface area contributed by atoms with E-state index in [9.17, 15) is 0 Å². The predicted molar refractivity (Wildman–Crippen MR) is 84.9 cm³/mol. The molecule has 100 valence electrons. The van der Waals surface area contributed by atoms with Crippen molar-refractivity contribution in [2.45, 2.75) is 0 Å². The van der Waals surface area contributed by atoms with E-state index in [0.717, 1.165) is 16.9 Å². The van der Waals surface area contributed by atoms with Crippen LogP contribution in [0.4, 0.5) is 0 Å². The maximum absolute atomic E-state index is 5.48. The summed E-state index contributed by atoms with van der Waals surface area (Å²) in [5.41, 5.74) is 3.43. The normalized spacial score (nSPS) is 10.9. The Morgan fingerprint density at radius 2 is 1.38 bits per heavy atom. The zero-order valence-corrected chi connectivity index (χ0v) is 11.4. The molecule has 0 saturated heterocycles. The molecule has 0 fully saturated rings. The van der Waals surface area contributed by atoms with Crippen molar-refractivity contribution in [1.29, 1.82) is 0 Å². The molecule has 1 aromatic heterocycles. The van der Waals surface area contributed by atoms with E-state index in [4.69, 9.17) is 4.42 Å². The number of fused-ring (bicyclic) bond motifs is 1. The number of oxazole rings is 1. The van der Waals surface area contributed by atoms with Crippen LogP contribution in [0.3, 0.4) is 0 Å². The Bertz CT molecular complexity index is 889. The number of benzene rings is 3. The van der Waals surface area contributed by atoms with Crippen molar-refractivity contribution in [3.05, 3.63) is 79.3 Å². The van der Waals surface area contributed by atoms with E-state index in [1.165, 1.54) is 22.7 Å². The third-order valence-corrected chi connectivity index (χ3v) is 3.70. The van der Waals surface area contributed by atoms with E-state index in [-0.39, 0.29) is 0 Å². The summed E-state index contributed by atoms with van der Waals surface area (Å²) in [7, 11) is 0. The van der Waals surface area contributed by atoms with Crippen molar-refractivity contribution in [2.75, 3.05) is 0 Å². The SMILES string of the molecule is c1ccc(-c2cccc3ccccc23)c(-c2cnco2)c1. The number of rotatable bonds is 2. The highest BCUT2D eigenvalue weighted by atomic mass is 16.3. The lowest BCUT2D eigenvalue weighted by atomic mass is 9.94. The zero-order chi connectivity index (χ0) is 14.1. The van der Waals surface area contributed by atoms with Crippen molar-refractivity contribution in [3.63, 3.8) is 0 Å². The molecule has 0 amide bonds. The van der Waals surface area contributed by atoms with Gasteiger partial charge in [0.15, 0.2) is 12.2 Å². The fourth-order valence-corrected chi connectivity index (χ4v) is 2.74. The molecule has 0 bridgehead atoms. The first-order chi connectivity index (χ1) is 10.4. The second-order valence-corrected chi connectivity index (χ2v) is 4.94. The van der Waals surface area contributed by atoms with Gasteiger partial charge in [0.2, 0.25) is 0 Å². The Morgan fingerprint density at radius 1 is 0.667 bits per heavy atom. The molecular weight excluding hydrogens is 258 g/mol. The second kappa shape index (κ2) is 4.91. The van der Waals surface area contributed by atoms with Crippen LogP contribution in [-0.2, 0) is 0 Å². The Labute approximate surface area is 122 Å². The molecule has 0 aliphatic carbocycles. The average molecular weight is 271 g/mol. The van der Waals surface area contributed by atoms with Crippen molar-refractivity contribution in [2.24, 2.45) is 0 Å². The van der Waals surface area contributed by atoms with E-state index in [1.807, 2.05) is 6.07 Å². The highest BCUT2D eigenvalue weighted by molar-refractivity contribution is 5.99. The maximum Gasteiger partial charge on any atom is 0.181 e. The van der Waals surface area contributed by atoms with Crippen LogP contribution in [0.5, 0.6) is 0 Å². The van der Waals surface area contributed by atoms with Crippen LogP contribution in [0.2, 0.25) is 0 Å². The van der Waals surface area contributed by atoms with Crippen molar-refractivity contribution in [3.8, 4) is 22.5 Å². The first-order valence-corrected chi connectivity index (χ1v) is 6.89. The molecule has 1 heterocycles. The van der Waals surface area contributed by atoms with Gasteiger partial charge < -0.3 is 4.42 Å². The summed E-state index contributed by atoms with van der Waals surface area (Å²) in [5, 5.41) is 2.48. The van der Waals surface area contributed by atoms with Crippen LogP contribution in [0.1, 0.15) is 0 Å². The molecule has 0 atom stereocenters. The number of nitrogens with zero attached hydrogens (tertiary/aromatic N) is 1. The molecule has 0 saturated carbocycles. The molecule has 0 unspecified atom stereocenters. The van der Waals surface area contributed by atoms with Gasteiger partial charge in [-0.05, 0) is 21.9 Å². The largest absolute Gasteiger partial charge is 0.443 e. The summed E-state index contributed by atoms with van der Waals surface area (Å²) < 4.78 is 5.48. The molecule has 21 heavy (non-hydrogen) atoms. The van der Waals surface area contributed by atoms with Gasteiger partial charge in [-0.25, -0.2) is 4.98 Å². The third-order valence-electron chi connectivity index (χ3n) is 3.70. The van der Waals surface area contributed by atoms with Crippen molar-refractivity contribution >= 4 is 10.8 Å². The highest BCUT2D eigenvalue weighted by Gasteiger charge is 2.11. The van der Waals surface area contributed by atoms with Gasteiger partial charge >= 0.3 is 0 Å². The van der Waals surface area contributed by atoms with E-state index in [0.29, 0.717) is 0 Å². The van der Waals surface area contributed by atoms with E-state index >= 15 is 0 Å². The molecular formula is C19H13NO. The van der Waals surface area contributed by atoms with Gasteiger partial charge in [0.25, 0.3) is 0 Å². The smallest absolute Gasteiger partial charge is 0.181 e. The number of aromatic nitrogens is 1. The van der Waals surface area contributed by atoms with Crippen LogP contribution in [0.25, 0.3) is 33.2 Å². The van der Waals surface area contributed by atoms with Crippen LogP contribution in [0.15, 0.2) is 83.7 Å². The minimum Gasteiger partial charge on any atom is -0.443 e. The Morgan fingerprint density at radius 3 is 2.24 bits per heavy atom. The van der Waals surface area contributed by atoms with Crippen LogP contribution in [-0.4, -0.2) is 4.98 Å². The summed E-state index contributed by atoms with van der Waals surface area (Å²) >= 11 is 0. The van der Waals surface area contributed by atoms with Crippen LogP contribution < -0.4 is 0 Å². The van der Waals surface area contributed by atoms with E-state index in [1.54, 1.807) is 6.20 Å². The Hall–Kier alpha value is -2.87. The topological polar surface area (TPSA) is 26.0 Å². The minimum atomic E-state index is 0.790. The second-order valence-electron chi connectivity index (χ2n) is 4.94. The molecule has 3 aromatic carbocycles.